The minimum atomic E-state index is 0.0866. The average molecular weight is 333 g/mol. The molecule has 2 aromatic carbocycles. The van der Waals surface area contributed by atoms with Crippen molar-refractivity contribution in [3.63, 3.8) is 0 Å². The van der Waals surface area contributed by atoms with Crippen molar-refractivity contribution in [3.8, 4) is 0 Å². The molecule has 2 heterocycles. The Kier molecular flexibility index (Phi) is 4.26. The first-order valence-corrected chi connectivity index (χ1v) is 9.06. The predicted octanol–water partition coefficient (Wildman–Crippen LogP) is 4.16. The third-order valence-corrected chi connectivity index (χ3v) is 5.04. The van der Waals surface area contributed by atoms with Crippen LogP contribution in [-0.4, -0.2) is 26.9 Å². The molecule has 1 amide bonds. The van der Waals surface area contributed by atoms with Gasteiger partial charge >= 0.3 is 0 Å². The highest BCUT2D eigenvalue weighted by atomic mass is 16.2. The lowest BCUT2D eigenvalue weighted by atomic mass is 10.1. The van der Waals surface area contributed by atoms with Crippen LogP contribution < -0.4 is 0 Å². The Bertz CT molecular complexity index is 885. The summed E-state index contributed by atoms with van der Waals surface area (Å²) >= 11 is 0. The zero-order chi connectivity index (χ0) is 17.2. The number of aromatic nitrogens is 2. The van der Waals surface area contributed by atoms with Gasteiger partial charge in [0.25, 0.3) is 0 Å². The second-order valence-corrected chi connectivity index (χ2v) is 6.63. The summed E-state index contributed by atoms with van der Waals surface area (Å²) in [6.45, 7) is 3.55. The summed E-state index contributed by atoms with van der Waals surface area (Å²) in [6.07, 6.45) is 2.59. The second-order valence-electron chi connectivity index (χ2n) is 6.63. The van der Waals surface area contributed by atoms with E-state index in [2.05, 4.69) is 47.0 Å². The molecular weight excluding hydrogens is 310 g/mol. The van der Waals surface area contributed by atoms with Crippen LogP contribution in [0, 0.1) is 0 Å². The highest BCUT2D eigenvalue weighted by Crippen LogP contribution is 2.34. The van der Waals surface area contributed by atoms with Crippen LogP contribution in [0.15, 0.2) is 54.6 Å². The molecule has 0 saturated carbocycles. The van der Waals surface area contributed by atoms with Crippen LogP contribution in [0.3, 0.4) is 0 Å². The fourth-order valence-electron chi connectivity index (χ4n) is 3.82. The van der Waals surface area contributed by atoms with Gasteiger partial charge in [-0.2, -0.15) is 0 Å². The monoisotopic (exact) mass is 333 g/mol. The van der Waals surface area contributed by atoms with Crippen molar-refractivity contribution in [1.82, 2.24) is 14.5 Å². The molecule has 4 nitrogen and oxygen atoms in total. The van der Waals surface area contributed by atoms with Crippen LogP contribution in [-0.2, 0) is 11.3 Å². The summed E-state index contributed by atoms with van der Waals surface area (Å²) in [5.41, 5.74) is 3.39. The van der Waals surface area contributed by atoms with Gasteiger partial charge in [-0.15, -0.1) is 0 Å². The molecule has 1 aliphatic heterocycles. The van der Waals surface area contributed by atoms with E-state index in [9.17, 15) is 4.79 Å². The topological polar surface area (TPSA) is 38.1 Å². The lowest BCUT2D eigenvalue weighted by molar-refractivity contribution is -0.131. The number of amides is 1. The van der Waals surface area contributed by atoms with Gasteiger partial charge in [0, 0.05) is 19.5 Å². The Balaban J connectivity index is 1.80. The van der Waals surface area contributed by atoms with Gasteiger partial charge < -0.3 is 9.47 Å². The Morgan fingerprint density at radius 2 is 1.88 bits per heavy atom. The maximum Gasteiger partial charge on any atom is 0.222 e. The minimum Gasteiger partial charge on any atom is -0.333 e. The molecule has 4 heteroatoms. The Morgan fingerprint density at radius 1 is 1.12 bits per heavy atom. The van der Waals surface area contributed by atoms with Crippen molar-refractivity contribution < 1.29 is 4.79 Å². The molecule has 0 radical (unpaired) electrons. The van der Waals surface area contributed by atoms with E-state index in [0.717, 1.165) is 42.8 Å². The van der Waals surface area contributed by atoms with Crippen molar-refractivity contribution in [2.75, 3.05) is 6.54 Å². The number of carbonyl (C=O) groups is 1. The Hall–Kier alpha value is -2.62. The van der Waals surface area contributed by atoms with E-state index in [-0.39, 0.29) is 11.9 Å². The van der Waals surface area contributed by atoms with Crippen LogP contribution in [0.25, 0.3) is 11.0 Å². The lowest BCUT2D eigenvalue weighted by Gasteiger charge is -2.25. The number of imidazole rings is 1. The molecule has 0 bridgehead atoms. The van der Waals surface area contributed by atoms with E-state index in [1.165, 1.54) is 5.56 Å². The zero-order valence-electron chi connectivity index (χ0n) is 14.6. The van der Waals surface area contributed by atoms with Gasteiger partial charge in [-0.1, -0.05) is 49.4 Å². The van der Waals surface area contributed by atoms with Gasteiger partial charge in [0.15, 0.2) is 0 Å². The van der Waals surface area contributed by atoms with Crippen LogP contribution in [0.2, 0.25) is 0 Å². The second kappa shape index (κ2) is 6.71. The number of nitrogens with zero attached hydrogens (tertiary/aromatic N) is 3. The summed E-state index contributed by atoms with van der Waals surface area (Å²) in [4.78, 5) is 19.3. The first-order valence-electron chi connectivity index (χ1n) is 9.06. The molecule has 3 aromatic rings. The molecule has 25 heavy (non-hydrogen) atoms. The van der Waals surface area contributed by atoms with E-state index in [0.29, 0.717) is 6.42 Å². The summed E-state index contributed by atoms with van der Waals surface area (Å²) < 4.78 is 2.29. The molecule has 0 aliphatic carbocycles. The molecular formula is C21H23N3O. The molecule has 0 spiro atoms. The number of fused-ring (bicyclic) bond motifs is 1. The molecule has 4 rings (SSSR count). The predicted molar refractivity (Wildman–Crippen MR) is 99.3 cm³/mol. The maximum atomic E-state index is 12.4. The normalized spacial score (nSPS) is 17.3. The Labute approximate surface area is 148 Å². The van der Waals surface area contributed by atoms with E-state index < -0.39 is 0 Å². The van der Waals surface area contributed by atoms with Crippen molar-refractivity contribution >= 4 is 16.9 Å². The molecule has 1 atom stereocenters. The fourth-order valence-corrected chi connectivity index (χ4v) is 3.82. The van der Waals surface area contributed by atoms with E-state index in [4.69, 9.17) is 4.98 Å². The maximum absolute atomic E-state index is 12.4. The molecule has 1 unspecified atom stereocenters. The highest BCUT2D eigenvalue weighted by Gasteiger charge is 2.32. The number of hydrogen-bond acceptors (Lipinski definition) is 2. The summed E-state index contributed by atoms with van der Waals surface area (Å²) in [6, 6.07) is 18.8. The van der Waals surface area contributed by atoms with Crippen molar-refractivity contribution in [2.24, 2.45) is 0 Å². The third kappa shape index (κ3) is 2.93. The molecule has 1 saturated heterocycles. The standard InChI is InChI=1S/C21H23N3O/c1-2-20(25)23-14-8-13-19(23)21-22-17-11-6-7-12-18(17)24(21)15-16-9-4-3-5-10-16/h3-7,9-12,19H,2,8,13-15H2,1H3. The fraction of sp³-hybridized carbons (Fsp3) is 0.333. The van der Waals surface area contributed by atoms with Crippen LogP contribution in [0.5, 0.6) is 0 Å². The number of rotatable bonds is 4. The average Bonchev–Trinajstić information content (AvgIpc) is 3.27. The first-order chi connectivity index (χ1) is 12.3. The molecule has 1 fully saturated rings. The summed E-state index contributed by atoms with van der Waals surface area (Å²) in [5.74, 6) is 1.24. The van der Waals surface area contributed by atoms with Crippen LogP contribution >= 0.6 is 0 Å². The third-order valence-electron chi connectivity index (χ3n) is 5.04. The van der Waals surface area contributed by atoms with Crippen molar-refractivity contribution in [2.45, 2.75) is 38.8 Å². The molecule has 1 aromatic heterocycles. The van der Waals surface area contributed by atoms with Crippen LogP contribution in [0.4, 0.5) is 0 Å². The van der Waals surface area contributed by atoms with Gasteiger partial charge in [0.1, 0.15) is 5.82 Å². The SMILES string of the molecule is CCC(=O)N1CCCC1c1nc2ccccc2n1Cc1ccccc1. The number of likely N-dealkylation sites (tertiary alicyclic amines) is 1. The van der Waals surface area contributed by atoms with Crippen molar-refractivity contribution in [1.29, 1.82) is 0 Å². The summed E-state index contributed by atoms with van der Waals surface area (Å²) in [5, 5.41) is 0. The smallest absolute Gasteiger partial charge is 0.222 e. The van der Waals surface area contributed by atoms with Gasteiger partial charge in [-0.3, -0.25) is 4.79 Å². The number of hydrogen-bond donors (Lipinski definition) is 0. The zero-order valence-corrected chi connectivity index (χ0v) is 14.6. The van der Waals surface area contributed by atoms with E-state index in [1.54, 1.807) is 0 Å². The summed E-state index contributed by atoms with van der Waals surface area (Å²) in [7, 11) is 0. The van der Waals surface area contributed by atoms with Gasteiger partial charge in [-0.25, -0.2) is 4.98 Å². The number of para-hydroxylation sites is 2. The molecule has 0 N–H and O–H groups in total. The largest absolute Gasteiger partial charge is 0.333 e. The van der Waals surface area contributed by atoms with E-state index >= 15 is 0 Å². The van der Waals surface area contributed by atoms with Gasteiger partial charge in [0.2, 0.25) is 5.91 Å². The highest BCUT2D eigenvalue weighted by molar-refractivity contribution is 5.78. The number of carbonyl (C=O) groups excluding carboxylic acids is 1. The minimum absolute atomic E-state index is 0.0866. The van der Waals surface area contributed by atoms with Gasteiger partial charge in [-0.05, 0) is 30.5 Å². The Morgan fingerprint density at radius 3 is 2.68 bits per heavy atom. The molecule has 1 aliphatic rings. The first kappa shape index (κ1) is 15.9. The van der Waals surface area contributed by atoms with E-state index in [1.807, 2.05) is 24.0 Å². The van der Waals surface area contributed by atoms with Crippen LogP contribution in [0.1, 0.15) is 43.6 Å². The van der Waals surface area contributed by atoms with Gasteiger partial charge in [0.05, 0.1) is 17.1 Å². The molecule has 128 valence electrons. The van der Waals surface area contributed by atoms with Crippen molar-refractivity contribution in [3.05, 3.63) is 66.0 Å². The quantitative estimate of drug-likeness (QED) is 0.719. The lowest BCUT2D eigenvalue weighted by Crippen LogP contribution is -2.31. The number of benzene rings is 2.